The summed E-state index contributed by atoms with van der Waals surface area (Å²) in [6, 6.07) is 9.51. The summed E-state index contributed by atoms with van der Waals surface area (Å²) < 4.78 is 0. The lowest BCUT2D eigenvalue weighted by Gasteiger charge is -2.18. The Labute approximate surface area is 143 Å². The predicted molar refractivity (Wildman–Crippen MR) is 103 cm³/mol. The van der Waals surface area contributed by atoms with Crippen molar-refractivity contribution in [1.29, 1.82) is 0 Å². The van der Waals surface area contributed by atoms with E-state index in [9.17, 15) is 0 Å². The molecule has 0 aliphatic carbocycles. The zero-order valence-electron chi connectivity index (χ0n) is 16.2. The van der Waals surface area contributed by atoms with Crippen LogP contribution < -0.4 is 0 Å². The molecule has 0 aliphatic rings. The van der Waals surface area contributed by atoms with Crippen molar-refractivity contribution in [2.24, 2.45) is 0 Å². The van der Waals surface area contributed by atoms with E-state index in [1.807, 2.05) is 0 Å². The molecule has 0 atom stereocenters. The zero-order valence-corrected chi connectivity index (χ0v) is 16.2. The second-order valence-corrected chi connectivity index (χ2v) is 7.77. The number of hydrogen-bond donors (Lipinski definition) is 0. The summed E-state index contributed by atoms with van der Waals surface area (Å²) in [5.74, 6) is 1.19. The van der Waals surface area contributed by atoms with E-state index < -0.39 is 0 Å². The third-order valence-electron chi connectivity index (χ3n) is 4.87. The third-order valence-corrected chi connectivity index (χ3v) is 4.87. The fourth-order valence-electron chi connectivity index (χ4n) is 4.39. The van der Waals surface area contributed by atoms with Gasteiger partial charge in [0, 0.05) is 0 Å². The molecule has 0 saturated carbocycles. The van der Waals surface area contributed by atoms with E-state index >= 15 is 0 Å². The average Bonchev–Trinajstić information content (AvgIpc) is 2.35. The van der Waals surface area contributed by atoms with Crippen LogP contribution in [0.15, 0.2) is 24.3 Å². The minimum absolute atomic E-state index is 0.596. The van der Waals surface area contributed by atoms with Crippen LogP contribution in [0.3, 0.4) is 0 Å². The topological polar surface area (TPSA) is 0 Å². The van der Waals surface area contributed by atoms with Gasteiger partial charge in [-0.1, -0.05) is 52.0 Å². The maximum Gasteiger partial charge on any atom is -0.00254 e. The summed E-state index contributed by atoms with van der Waals surface area (Å²) in [6.45, 7) is 18.2. The number of aryl methyl sites for hydroxylation is 4. The van der Waals surface area contributed by atoms with Crippen molar-refractivity contribution in [1.82, 2.24) is 0 Å². The highest BCUT2D eigenvalue weighted by atomic mass is 14.2. The first-order chi connectivity index (χ1) is 10.7. The molecule has 0 unspecified atom stereocenters. The van der Waals surface area contributed by atoms with Crippen LogP contribution in [0.25, 0.3) is 0 Å². The van der Waals surface area contributed by atoms with Gasteiger partial charge in [0.1, 0.15) is 0 Å². The van der Waals surface area contributed by atoms with E-state index in [1.165, 1.54) is 44.5 Å². The monoisotopic (exact) mass is 308 g/mol. The van der Waals surface area contributed by atoms with Gasteiger partial charge in [-0.2, -0.15) is 0 Å². The maximum atomic E-state index is 2.38. The Morgan fingerprint density at radius 3 is 1.04 bits per heavy atom. The summed E-state index contributed by atoms with van der Waals surface area (Å²) in [7, 11) is 0. The van der Waals surface area contributed by atoms with Crippen molar-refractivity contribution >= 4 is 0 Å². The summed E-state index contributed by atoms with van der Waals surface area (Å²) in [5, 5.41) is 0. The van der Waals surface area contributed by atoms with E-state index in [4.69, 9.17) is 0 Å². The first-order valence-corrected chi connectivity index (χ1v) is 8.90. The minimum atomic E-state index is 0.596. The normalized spacial score (nSPS) is 11.6. The summed E-state index contributed by atoms with van der Waals surface area (Å²) in [5.41, 5.74) is 11.6. The molecule has 0 heterocycles. The van der Waals surface area contributed by atoms with Gasteiger partial charge >= 0.3 is 0 Å². The molecular weight excluding hydrogens is 276 g/mol. The molecule has 0 aromatic heterocycles. The molecule has 2 rings (SSSR count). The molecule has 0 amide bonds. The van der Waals surface area contributed by atoms with Gasteiger partial charge in [-0.15, -0.1) is 0 Å². The van der Waals surface area contributed by atoms with Crippen LogP contribution in [0.5, 0.6) is 0 Å². The smallest absolute Gasteiger partial charge is 0.00254 e. The van der Waals surface area contributed by atoms with Crippen LogP contribution in [-0.2, 0) is 6.42 Å². The van der Waals surface area contributed by atoms with E-state index in [-0.39, 0.29) is 0 Å². The number of rotatable bonds is 4. The highest BCUT2D eigenvalue weighted by molar-refractivity contribution is 5.44. The van der Waals surface area contributed by atoms with Gasteiger partial charge in [-0.05, 0) is 90.5 Å². The molecule has 0 saturated heterocycles. The van der Waals surface area contributed by atoms with Crippen molar-refractivity contribution in [3.63, 3.8) is 0 Å². The zero-order chi connectivity index (χ0) is 17.3. The van der Waals surface area contributed by atoms with Crippen molar-refractivity contribution in [2.75, 3.05) is 0 Å². The molecule has 0 spiro atoms. The first-order valence-electron chi connectivity index (χ1n) is 8.90. The molecule has 124 valence electrons. The molecule has 0 N–H and O–H groups in total. The van der Waals surface area contributed by atoms with Crippen LogP contribution in [-0.4, -0.2) is 0 Å². The lowest BCUT2D eigenvalue weighted by molar-refractivity contribution is 0.841. The maximum absolute atomic E-state index is 2.38. The molecule has 2 aromatic carbocycles. The van der Waals surface area contributed by atoms with E-state index in [0.29, 0.717) is 11.8 Å². The Morgan fingerprint density at radius 1 is 0.565 bits per heavy atom. The Hall–Kier alpha value is -1.56. The second-order valence-electron chi connectivity index (χ2n) is 7.77. The molecule has 2 aromatic rings. The summed E-state index contributed by atoms with van der Waals surface area (Å²) >= 11 is 0. The average molecular weight is 309 g/mol. The molecule has 0 radical (unpaired) electrons. The molecule has 0 fully saturated rings. The van der Waals surface area contributed by atoms with Gasteiger partial charge in [0.05, 0.1) is 0 Å². The lowest BCUT2D eigenvalue weighted by atomic mass is 9.88. The largest absolute Gasteiger partial charge is 0.0587 e. The van der Waals surface area contributed by atoms with Crippen molar-refractivity contribution < 1.29 is 0 Å². The SMILES string of the molecule is Cc1cc(Cc2cc(C)c(C(C)C)c(C)c2)cc(C)c1C(C)C. The fraction of sp³-hybridized carbons (Fsp3) is 0.478. The van der Waals surface area contributed by atoms with E-state index in [0.717, 1.165) is 6.42 Å². The van der Waals surface area contributed by atoms with Crippen LogP contribution in [0, 0.1) is 27.7 Å². The molecule has 23 heavy (non-hydrogen) atoms. The third kappa shape index (κ3) is 3.86. The lowest BCUT2D eigenvalue weighted by Crippen LogP contribution is -2.01. The Balaban J connectivity index is 2.37. The highest BCUT2D eigenvalue weighted by Gasteiger charge is 2.11. The van der Waals surface area contributed by atoms with Crippen molar-refractivity contribution in [2.45, 2.75) is 73.6 Å². The molecule has 0 aliphatic heterocycles. The predicted octanol–water partition coefficient (Wildman–Crippen LogP) is 6.76. The van der Waals surface area contributed by atoms with E-state index in [1.54, 1.807) is 0 Å². The summed E-state index contributed by atoms with van der Waals surface area (Å²) in [6.07, 6.45) is 1.03. The van der Waals surface area contributed by atoms with Gasteiger partial charge < -0.3 is 0 Å². The Kier molecular flexibility index (Phi) is 5.34. The van der Waals surface area contributed by atoms with Crippen LogP contribution in [0.2, 0.25) is 0 Å². The molecule has 0 bridgehead atoms. The fourth-order valence-corrected chi connectivity index (χ4v) is 4.39. The highest BCUT2D eigenvalue weighted by Crippen LogP contribution is 2.28. The van der Waals surface area contributed by atoms with Crippen LogP contribution >= 0.6 is 0 Å². The van der Waals surface area contributed by atoms with Gasteiger partial charge in [0.25, 0.3) is 0 Å². The first kappa shape index (κ1) is 17.8. The van der Waals surface area contributed by atoms with Crippen molar-refractivity contribution in [3.05, 3.63) is 68.8 Å². The summed E-state index contributed by atoms with van der Waals surface area (Å²) in [4.78, 5) is 0. The standard InChI is InChI=1S/C23H32/c1-14(2)22-16(5)9-20(10-17(22)6)13-21-11-18(7)23(15(3)4)19(8)12-21/h9-12,14-15H,13H2,1-8H3. The van der Waals surface area contributed by atoms with Gasteiger partial charge in [0.15, 0.2) is 0 Å². The van der Waals surface area contributed by atoms with Gasteiger partial charge in [-0.25, -0.2) is 0 Å². The molecular formula is C23H32. The van der Waals surface area contributed by atoms with Crippen molar-refractivity contribution in [3.8, 4) is 0 Å². The van der Waals surface area contributed by atoms with E-state index in [2.05, 4.69) is 79.7 Å². The van der Waals surface area contributed by atoms with Gasteiger partial charge in [-0.3, -0.25) is 0 Å². The molecule has 0 nitrogen and oxygen atoms in total. The minimum Gasteiger partial charge on any atom is -0.0587 e. The Morgan fingerprint density at radius 2 is 0.826 bits per heavy atom. The Bertz CT molecular complexity index is 594. The number of hydrogen-bond acceptors (Lipinski definition) is 0. The quantitative estimate of drug-likeness (QED) is 0.585. The number of benzene rings is 2. The van der Waals surface area contributed by atoms with Crippen LogP contribution in [0.4, 0.5) is 0 Å². The van der Waals surface area contributed by atoms with Gasteiger partial charge in [0.2, 0.25) is 0 Å². The van der Waals surface area contributed by atoms with Crippen LogP contribution in [0.1, 0.15) is 84.0 Å². The molecule has 0 heteroatoms. The second kappa shape index (κ2) is 6.91.